The summed E-state index contributed by atoms with van der Waals surface area (Å²) in [5.41, 5.74) is 2.10. The maximum atomic E-state index is 11.6. The van der Waals surface area contributed by atoms with Gasteiger partial charge in [-0.2, -0.15) is 0 Å². The Labute approximate surface area is 166 Å². The van der Waals surface area contributed by atoms with Crippen LogP contribution >= 0.6 is 0 Å². The van der Waals surface area contributed by atoms with Crippen molar-refractivity contribution in [2.75, 3.05) is 32.4 Å². The van der Waals surface area contributed by atoms with Gasteiger partial charge >= 0.3 is 0 Å². The van der Waals surface area contributed by atoms with Gasteiger partial charge < -0.3 is 4.42 Å². The van der Waals surface area contributed by atoms with Gasteiger partial charge in [0.05, 0.1) is 11.4 Å². The van der Waals surface area contributed by atoms with E-state index in [1.807, 2.05) is 30.3 Å². The average molecular weight is 399 g/mol. The topological polar surface area (TPSA) is 53.8 Å². The van der Waals surface area contributed by atoms with Crippen molar-refractivity contribution < 1.29 is 12.8 Å². The molecule has 0 atom stereocenters. The van der Waals surface area contributed by atoms with Gasteiger partial charge in [-0.25, -0.2) is 8.42 Å². The van der Waals surface area contributed by atoms with E-state index in [0.29, 0.717) is 4.90 Å². The van der Waals surface area contributed by atoms with Crippen LogP contribution in [0.3, 0.4) is 0 Å². The molecule has 2 aromatic carbocycles. The summed E-state index contributed by atoms with van der Waals surface area (Å²) in [6.07, 6.45) is 2.36. The number of rotatable bonds is 5. The monoisotopic (exact) mass is 398 g/mol. The second-order valence-electron chi connectivity index (χ2n) is 7.57. The molecular weight excluding hydrogens is 372 g/mol. The Morgan fingerprint density at radius 2 is 1.57 bits per heavy atom. The molecule has 1 aliphatic heterocycles. The SMILES string of the molecule is CS(=O)(=O)c1ccc(CN2CCCN(Cc3cc4ccccc4o3)CC2)cc1. The number of para-hydroxylation sites is 1. The van der Waals surface area contributed by atoms with E-state index >= 15 is 0 Å². The molecule has 1 saturated heterocycles. The highest BCUT2D eigenvalue weighted by molar-refractivity contribution is 7.90. The predicted molar refractivity (Wildman–Crippen MR) is 111 cm³/mol. The molecule has 2 heterocycles. The molecule has 1 aliphatic rings. The second kappa shape index (κ2) is 8.07. The van der Waals surface area contributed by atoms with Gasteiger partial charge in [0.1, 0.15) is 11.3 Å². The van der Waals surface area contributed by atoms with Crippen molar-refractivity contribution in [3.8, 4) is 0 Å². The van der Waals surface area contributed by atoms with E-state index in [4.69, 9.17) is 4.42 Å². The van der Waals surface area contributed by atoms with Gasteiger partial charge in [-0.3, -0.25) is 9.80 Å². The lowest BCUT2D eigenvalue weighted by molar-refractivity contribution is 0.236. The molecule has 3 aromatic rings. The number of hydrogen-bond acceptors (Lipinski definition) is 5. The molecule has 0 radical (unpaired) electrons. The highest BCUT2D eigenvalue weighted by atomic mass is 32.2. The maximum Gasteiger partial charge on any atom is 0.175 e. The van der Waals surface area contributed by atoms with Crippen LogP contribution in [0.25, 0.3) is 11.0 Å². The van der Waals surface area contributed by atoms with Crippen molar-refractivity contribution in [2.45, 2.75) is 24.4 Å². The Morgan fingerprint density at radius 1 is 0.893 bits per heavy atom. The van der Waals surface area contributed by atoms with Crippen molar-refractivity contribution in [3.05, 3.63) is 65.9 Å². The second-order valence-corrected chi connectivity index (χ2v) is 9.59. The summed E-state index contributed by atoms with van der Waals surface area (Å²) in [4.78, 5) is 5.27. The molecule has 6 heteroatoms. The van der Waals surface area contributed by atoms with Gasteiger partial charge in [-0.1, -0.05) is 30.3 Å². The molecule has 1 fully saturated rings. The van der Waals surface area contributed by atoms with Crippen LogP contribution < -0.4 is 0 Å². The molecule has 0 aliphatic carbocycles. The predicted octanol–water partition coefficient (Wildman–Crippen LogP) is 3.54. The van der Waals surface area contributed by atoms with Crippen molar-refractivity contribution >= 4 is 20.8 Å². The van der Waals surface area contributed by atoms with E-state index in [0.717, 1.165) is 68.0 Å². The van der Waals surface area contributed by atoms with Gasteiger partial charge in [-0.05, 0) is 49.3 Å². The van der Waals surface area contributed by atoms with Crippen LogP contribution in [0.1, 0.15) is 17.7 Å². The molecule has 0 spiro atoms. The van der Waals surface area contributed by atoms with E-state index in [2.05, 4.69) is 21.9 Å². The molecule has 1 aromatic heterocycles. The molecule has 0 N–H and O–H groups in total. The minimum Gasteiger partial charge on any atom is -0.460 e. The average Bonchev–Trinajstić information content (AvgIpc) is 2.95. The lowest BCUT2D eigenvalue weighted by Gasteiger charge is -2.21. The maximum absolute atomic E-state index is 11.6. The minimum absolute atomic E-state index is 0.379. The number of fused-ring (bicyclic) bond motifs is 1. The third kappa shape index (κ3) is 4.63. The van der Waals surface area contributed by atoms with Gasteiger partial charge in [0.25, 0.3) is 0 Å². The Bertz CT molecular complexity index is 1010. The van der Waals surface area contributed by atoms with Crippen molar-refractivity contribution in [1.29, 1.82) is 0 Å². The number of nitrogens with zero attached hydrogens (tertiary/aromatic N) is 2. The fourth-order valence-corrected chi connectivity index (χ4v) is 4.41. The zero-order chi connectivity index (χ0) is 19.6. The van der Waals surface area contributed by atoms with Gasteiger partial charge in [0, 0.05) is 31.3 Å². The van der Waals surface area contributed by atoms with Crippen LogP contribution in [0, 0.1) is 0 Å². The van der Waals surface area contributed by atoms with Gasteiger partial charge in [0.2, 0.25) is 0 Å². The Kier molecular flexibility index (Phi) is 5.53. The first-order chi connectivity index (χ1) is 13.5. The zero-order valence-electron chi connectivity index (χ0n) is 16.2. The number of benzene rings is 2. The molecule has 5 nitrogen and oxygen atoms in total. The molecule has 0 bridgehead atoms. The summed E-state index contributed by atoms with van der Waals surface area (Å²) >= 11 is 0. The standard InChI is InChI=1S/C22H26N2O3S/c1-28(25,26)21-9-7-18(8-10-21)16-23-11-4-12-24(14-13-23)17-20-15-19-5-2-3-6-22(19)27-20/h2-3,5-10,15H,4,11-14,16-17H2,1H3. The minimum atomic E-state index is -3.13. The summed E-state index contributed by atoms with van der Waals surface area (Å²) in [6, 6.07) is 17.5. The van der Waals surface area contributed by atoms with Crippen molar-refractivity contribution in [2.24, 2.45) is 0 Å². The van der Waals surface area contributed by atoms with E-state index in [9.17, 15) is 8.42 Å². The normalized spacial score (nSPS) is 17.0. The smallest absolute Gasteiger partial charge is 0.175 e. The summed E-state index contributed by atoms with van der Waals surface area (Å²) in [5.74, 6) is 1.02. The lowest BCUT2D eigenvalue weighted by Crippen LogP contribution is -2.30. The molecular formula is C22H26N2O3S. The number of furan rings is 1. The number of sulfone groups is 1. The van der Waals surface area contributed by atoms with E-state index in [1.165, 1.54) is 6.26 Å². The van der Waals surface area contributed by atoms with E-state index in [1.54, 1.807) is 12.1 Å². The summed E-state index contributed by atoms with van der Waals surface area (Å²) < 4.78 is 29.2. The zero-order valence-corrected chi connectivity index (χ0v) is 17.0. The fraction of sp³-hybridized carbons (Fsp3) is 0.364. The van der Waals surface area contributed by atoms with E-state index in [-0.39, 0.29) is 0 Å². The highest BCUT2D eigenvalue weighted by Crippen LogP contribution is 2.21. The number of hydrogen-bond donors (Lipinski definition) is 0. The molecule has 148 valence electrons. The van der Waals surface area contributed by atoms with Crippen LogP contribution in [-0.2, 0) is 22.9 Å². The summed E-state index contributed by atoms with van der Waals surface area (Å²) in [6.45, 7) is 5.78. The van der Waals surface area contributed by atoms with Crippen LogP contribution in [0.2, 0.25) is 0 Å². The lowest BCUT2D eigenvalue weighted by atomic mass is 10.2. The van der Waals surface area contributed by atoms with Crippen molar-refractivity contribution in [3.63, 3.8) is 0 Å². The third-order valence-corrected chi connectivity index (χ3v) is 6.42. The van der Waals surface area contributed by atoms with Gasteiger partial charge in [0.15, 0.2) is 9.84 Å². The Morgan fingerprint density at radius 3 is 2.25 bits per heavy atom. The fourth-order valence-electron chi connectivity index (χ4n) is 3.78. The molecule has 4 rings (SSSR count). The Balaban J connectivity index is 1.34. The first-order valence-corrected chi connectivity index (χ1v) is 11.6. The summed E-state index contributed by atoms with van der Waals surface area (Å²) in [7, 11) is -3.13. The molecule has 28 heavy (non-hydrogen) atoms. The largest absolute Gasteiger partial charge is 0.460 e. The quantitative estimate of drug-likeness (QED) is 0.658. The first-order valence-electron chi connectivity index (χ1n) is 9.68. The molecule has 0 amide bonds. The van der Waals surface area contributed by atoms with E-state index < -0.39 is 9.84 Å². The van der Waals surface area contributed by atoms with Crippen LogP contribution in [0.15, 0.2) is 63.9 Å². The van der Waals surface area contributed by atoms with Crippen molar-refractivity contribution in [1.82, 2.24) is 9.80 Å². The Hall–Kier alpha value is -2.15. The summed E-state index contributed by atoms with van der Waals surface area (Å²) in [5, 5.41) is 1.16. The molecule has 0 unspecified atom stereocenters. The molecule has 0 saturated carbocycles. The first kappa shape index (κ1) is 19.2. The van der Waals surface area contributed by atoms with Gasteiger partial charge in [-0.15, -0.1) is 0 Å². The van der Waals surface area contributed by atoms with Crippen LogP contribution in [-0.4, -0.2) is 50.7 Å². The van der Waals surface area contributed by atoms with Crippen LogP contribution in [0.5, 0.6) is 0 Å². The third-order valence-electron chi connectivity index (χ3n) is 5.29. The highest BCUT2D eigenvalue weighted by Gasteiger charge is 2.17. The van der Waals surface area contributed by atoms with Crippen LogP contribution in [0.4, 0.5) is 0 Å².